The third-order valence-electron chi connectivity index (χ3n) is 4.23. The number of anilines is 2. The third-order valence-corrected chi connectivity index (χ3v) is 4.23. The van der Waals surface area contributed by atoms with Crippen LogP contribution in [0, 0.1) is 20.2 Å². The van der Waals surface area contributed by atoms with Crippen LogP contribution in [-0.2, 0) is 11.2 Å². The summed E-state index contributed by atoms with van der Waals surface area (Å²) in [5.74, 6) is -0.218. The van der Waals surface area contributed by atoms with Gasteiger partial charge < -0.3 is 10.2 Å². The smallest absolute Gasteiger partial charge is 0.299 e. The van der Waals surface area contributed by atoms with Gasteiger partial charge in [0.1, 0.15) is 5.69 Å². The largest absolute Gasteiger partial charge is 0.371 e. The van der Waals surface area contributed by atoms with Gasteiger partial charge in [-0.25, -0.2) is 0 Å². The highest BCUT2D eigenvalue weighted by molar-refractivity contribution is 5.97. The van der Waals surface area contributed by atoms with Gasteiger partial charge in [0.15, 0.2) is 0 Å². The molecule has 26 heavy (non-hydrogen) atoms. The average molecular weight is 356 g/mol. The summed E-state index contributed by atoms with van der Waals surface area (Å²) >= 11 is 0. The predicted molar refractivity (Wildman–Crippen MR) is 95.4 cm³/mol. The van der Waals surface area contributed by atoms with Crippen molar-refractivity contribution in [1.29, 1.82) is 0 Å². The van der Waals surface area contributed by atoms with Gasteiger partial charge in [-0.2, -0.15) is 0 Å². The molecular formula is C17H16N4O5. The van der Waals surface area contributed by atoms with Crippen LogP contribution in [0.15, 0.2) is 42.5 Å². The molecule has 0 aliphatic carbocycles. The van der Waals surface area contributed by atoms with Crippen LogP contribution in [0.25, 0.3) is 0 Å². The van der Waals surface area contributed by atoms with E-state index >= 15 is 0 Å². The second-order valence-electron chi connectivity index (χ2n) is 5.85. The lowest BCUT2D eigenvalue weighted by Gasteiger charge is -2.29. The van der Waals surface area contributed by atoms with Gasteiger partial charge in [-0.3, -0.25) is 25.0 Å². The predicted octanol–water partition coefficient (Wildman–Crippen LogP) is 2.89. The van der Waals surface area contributed by atoms with Crippen molar-refractivity contribution in [2.24, 2.45) is 0 Å². The topological polar surface area (TPSA) is 119 Å². The molecule has 0 radical (unpaired) electrons. The molecule has 2 aromatic carbocycles. The Kier molecular flexibility index (Phi) is 4.78. The van der Waals surface area contributed by atoms with Crippen LogP contribution in [0.3, 0.4) is 0 Å². The Labute approximate surface area is 148 Å². The van der Waals surface area contributed by atoms with Crippen molar-refractivity contribution in [3.05, 3.63) is 68.3 Å². The number of nitro benzene ring substituents is 2. The molecule has 0 aromatic heterocycles. The Morgan fingerprint density at radius 1 is 1.12 bits per heavy atom. The fraction of sp³-hybridized carbons (Fsp3) is 0.235. The van der Waals surface area contributed by atoms with Crippen LogP contribution in [-0.4, -0.2) is 28.8 Å². The van der Waals surface area contributed by atoms with Crippen LogP contribution in [0.1, 0.15) is 12.0 Å². The molecule has 0 bridgehead atoms. The zero-order chi connectivity index (χ0) is 18.7. The molecule has 3 rings (SSSR count). The first-order chi connectivity index (χ1) is 12.5. The van der Waals surface area contributed by atoms with Crippen molar-refractivity contribution in [2.45, 2.75) is 12.8 Å². The fourth-order valence-electron chi connectivity index (χ4n) is 2.99. The number of aryl methyl sites for hydroxylation is 1. The number of nitro groups is 2. The quantitative estimate of drug-likeness (QED) is 0.650. The first kappa shape index (κ1) is 17.3. The van der Waals surface area contributed by atoms with Gasteiger partial charge in [-0.05, 0) is 30.5 Å². The van der Waals surface area contributed by atoms with Gasteiger partial charge in [0, 0.05) is 18.3 Å². The third kappa shape index (κ3) is 3.46. The zero-order valence-corrected chi connectivity index (χ0v) is 13.8. The minimum Gasteiger partial charge on any atom is -0.371 e. The molecule has 0 saturated heterocycles. The van der Waals surface area contributed by atoms with Gasteiger partial charge in [0.05, 0.1) is 22.5 Å². The standard InChI is InChI=1S/C17H16N4O5/c22-17(19-9-3-5-12-4-1-2-6-15(12)19)11-18-14-8-7-13(20(23)24)10-16(14)21(25)26/h1-2,4,6-8,10,18H,3,5,9,11H2. The van der Waals surface area contributed by atoms with E-state index in [0.29, 0.717) is 6.54 Å². The summed E-state index contributed by atoms with van der Waals surface area (Å²) in [4.78, 5) is 34.8. The maximum atomic E-state index is 12.6. The molecule has 2 aromatic rings. The van der Waals surface area contributed by atoms with E-state index in [1.165, 1.54) is 6.07 Å². The summed E-state index contributed by atoms with van der Waals surface area (Å²) in [5.41, 5.74) is 1.20. The van der Waals surface area contributed by atoms with E-state index < -0.39 is 15.5 Å². The molecule has 1 aliphatic heterocycles. The number of amides is 1. The Morgan fingerprint density at radius 2 is 1.88 bits per heavy atom. The Bertz CT molecular complexity index is 883. The van der Waals surface area contributed by atoms with Crippen LogP contribution in [0.2, 0.25) is 0 Å². The minimum absolute atomic E-state index is 0.0687. The summed E-state index contributed by atoms with van der Waals surface area (Å²) in [7, 11) is 0. The number of fused-ring (bicyclic) bond motifs is 1. The van der Waals surface area contributed by atoms with Crippen LogP contribution in [0.4, 0.5) is 22.7 Å². The van der Waals surface area contributed by atoms with E-state index in [9.17, 15) is 25.0 Å². The van der Waals surface area contributed by atoms with Gasteiger partial charge in [-0.1, -0.05) is 18.2 Å². The van der Waals surface area contributed by atoms with E-state index in [0.717, 1.165) is 36.2 Å². The molecule has 0 fully saturated rings. The van der Waals surface area contributed by atoms with Gasteiger partial charge in [0.2, 0.25) is 5.91 Å². The van der Waals surface area contributed by atoms with Crippen LogP contribution in [0.5, 0.6) is 0 Å². The van der Waals surface area contributed by atoms with Gasteiger partial charge in [0.25, 0.3) is 11.4 Å². The second-order valence-corrected chi connectivity index (χ2v) is 5.85. The number of para-hydroxylation sites is 1. The lowest BCUT2D eigenvalue weighted by molar-refractivity contribution is -0.393. The number of rotatable bonds is 5. The van der Waals surface area contributed by atoms with Gasteiger partial charge in [-0.15, -0.1) is 0 Å². The number of hydrogen-bond acceptors (Lipinski definition) is 6. The number of nitrogens with one attached hydrogen (secondary N) is 1. The molecule has 0 saturated carbocycles. The summed E-state index contributed by atoms with van der Waals surface area (Å²) < 4.78 is 0. The number of benzene rings is 2. The highest BCUT2D eigenvalue weighted by atomic mass is 16.6. The fourth-order valence-corrected chi connectivity index (χ4v) is 2.99. The molecule has 9 heteroatoms. The molecular weight excluding hydrogens is 340 g/mol. The molecule has 1 aliphatic rings. The van der Waals surface area contributed by atoms with E-state index in [1.807, 2.05) is 24.3 Å². The van der Waals surface area contributed by atoms with Crippen molar-refractivity contribution in [3.8, 4) is 0 Å². The van der Waals surface area contributed by atoms with Crippen molar-refractivity contribution in [2.75, 3.05) is 23.3 Å². The maximum Gasteiger partial charge on any atom is 0.299 e. The number of carbonyl (C=O) groups is 1. The summed E-state index contributed by atoms with van der Waals surface area (Å²) in [5, 5.41) is 24.7. The van der Waals surface area contributed by atoms with Crippen molar-refractivity contribution in [3.63, 3.8) is 0 Å². The summed E-state index contributed by atoms with van der Waals surface area (Å²) in [6.45, 7) is 0.437. The molecule has 0 unspecified atom stereocenters. The number of carbonyl (C=O) groups excluding carboxylic acids is 1. The SMILES string of the molecule is O=C(CNc1ccc([N+](=O)[O-])cc1[N+](=O)[O-])N1CCCc2ccccc21. The first-order valence-electron chi connectivity index (χ1n) is 8.02. The van der Waals surface area contributed by atoms with Crippen LogP contribution >= 0.6 is 0 Å². The van der Waals surface area contributed by atoms with E-state index in [1.54, 1.807) is 4.90 Å². The minimum atomic E-state index is -0.712. The highest BCUT2D eigenvalue weighted by Crippen LogP contribution is 2.30. The molecule has 0 spiro atoms. The monoisotopic (exact) mass is 356 g/mol. The molecule has 1 N–H and O–H groups in total. The average Bonchev–Trinajstić information content (AvgIpc) is 2.65. The summed E-state index contributed by atoms with van der Waals surface area (Å²) in [6, 6.07) is 10.9. The molecule has 9 nitrogen and oxygen atoms in total. The van der Waals surface area contributed by atoms with E-state index in [-0.39, 0.29) is 23.8 Å². The van der Waals surface area contributed by atoms with E-state index in [4.69, 9.17) is 0 Å². The van der Waals surface area contributed by atoms with Crippen molar-refractivity contribution in [1.82, 2.24) is 0 Å². The molecule has 1 heterocycles. The Morgan fingerprint density at radius 3 is 2.62 bits per heavy atom. The first-order valence-corrected chi connectivity index (χ1v) is 8.02. The Balaban J connectivity index is 1.76. The lowest BCUT2D eigenvalue weighted by atomic mass is 10.0. The van der Waals surface area contributed by atoms with Crippen molar-refractivity contribution < 1.29 is 14.6 Å². The normalized spacial score (nSPS) is 13.0. The summed E-state index contributed by atoms with van der Waals surface area (Å²) in [6.07, 6.45) is 1.75. The van der Waals surface area contributed by atoms with E-state index in [2.05, 4.69) is 5.32 Å². The van der Waals surface area contributed by atoms with Crippen LogP contribution < -0.4 is 10.2 Å². The maximum absolute atomic E-state index is 12.6. The lowest BCUT2D eigenvalue weighted by Crippen LogP contribution is -2.39. The molecule has 134 valence electrons. The van der Waals surface area contributed by atoms with Gasteiger partial charge >= 0.3 is 0 Å². The molecule has 0 atom stereocenters. The number of non-ortho nitro benzene ring substituents is 1. The second kappa shape index (κ2) is 7.18. The Hall–Kier alpha value is -3.49. The molecule has 1 amide bonds. The number of hydrogen-bond donors (Lipinski definition) is 1. The number of nitrogens with zero attached hydrogens (tertiary/aromatic N) is 3. The van der Waals surface area contributed by atoms with Crippen molar-refractivity contribution >= 4 is 28.7 Å². The zero-order valence-electron chi connectivity index (χ0n) is 13.8. The highest BCUT2D eigenvalue weighted by Gasteiger charge is 2.24.